The fourth-order valence-electron chi connectivity index (χ4n) is 3.08. The first-order valence-electron chi connectivity index (χ1n) is 7.89. The van der Waals surface area contributed by atoms with Gasteiger partial charge in [0.15, 0.2) is 25.1 Å². The summed E-state index contributed by atoms with van der Waals surface area (Å²) in [5.74, 6) is 1.15. The lowest BCUT2D eigenvalue weighted by atomic mass is 10.1. The number of hydrogen-bond acceptors (Lipinski definition) is 0. The second-order valence-electron chi connectivity index (χ2n) is 6.46. The molecule has 0 radical (unpaired) electrons. The number of pyridine rings is 2. The van der Waals surface area contributed by atoms with E-state index in [0.717, 1.165) is 5.82 Å². The first-order chi connectivity index (χ1) is 10.9. The van der Waals surface area contributed by atoms with Crippen LogP contribution in [0.2, 0.25) is 0 Å². The molecule has 4 heteroatoms. The van der Waals surface area contributed by atoms with E-state index in [2.05, 4.69) is 103 Å². The van der Waals surface area contributed by atoms with Crippen molar-refractivity contribution in [1.29, 1.82) is 0 Å². The van der Waals surface area contributed by atoms with Gasteiger partial charge in [-0.05, 0) is 42.6 Å². The molecule has 3 heterocycles. The number of aryl methyl sites for hydroxylation is 5. The average Bonchev–Trinajstić information content (AvgIpc) is 2.82. The summed E-state index contributed by atoms with van der Waals surface area (Å²) in [6.45, 7) is 6.41. The van der Waals surface area contributed by atoms with Gasteiger partial charge in [-0.25, -0.2) is 4.57 Å². The third-order valence-corrected chi connectivity index (χ3v) is 4.28. The Balaban J connectivity index is 2.28. The summed E-state index contributed by atoms with van der Waals surface area (Å²) in [6, 6.07) is 8.84. The van der Waals surface area contributed by atoms with Gasteiger partial charge in [0.1, 0.15) is 7.05 Å². The summed E-state index contributed by atoms with van der Waals surface area (Å²) < 4.78 is 8.72. The van der Waals surface area contributed by atoms with Gasteiger partial charge in [-0.3, -0.25) is 0 Å². The molecular formula is C19H25N4+3. The Kier molecular flexibility index (Phi) is 3.76. The van der Waals surface area contributed by atoms with E-state index >= 15 is 0 Å². The predicted octanol–water partition coefficient (Wildman–Crippen LogP) is 1.54. The minimum atomic E-state index is 1.15. The van der Waals surface area contributed by atoms with Crippen LogP contribution in [0.1, 0.15) is 16.7 Å². The molecule has 4 nitrogen and oxygen atoms in total. The standard InChI is InChI=1S/C19H25N4/c1-14-7-8-20(4)17(9-14)18-10-15(2)11-19(22(18)6)23-13-16(3)12-21(23)5/h7-13H,1-6H3/q+3. The summed E-state index contributed by atoms with van der Waals surface area (Å²) in [4.78, 5) is 0. The minimum absolute atomic E-state index is 1.15. The highest BCUT2D eigenvalue weighted by atomic mass is 15.4. The van der Waals surface area contributed by atoms with E-state index < -0.39 is 0 Å². The normalized spacial score (nSPS) is 11.0. The first kappa shape index (κ1) is 15.4. The van der Waals surface area contributed by atoms with E-state index in [1.165, 1.54) is 28.1 Å². The molecule has 0 fully saturated rings. The van der Waals surface area contributed by atoms with Gasteiger partial charge in [0.25, 0.3) is 5.69 Å². The van der Waals surface area contributed by atoms with Crippen LogP contribution < -0.4 is 13.8 Å². The van der Waals surface area contributed by atoms with Crippen molar-refractivity contribution in [2.75, 3.05) is 0 Å². The molecule has 0 aromatic carbocycles. The molecule has 0 aliphatic heterocycles. The molecule has 23 heavy (non-hydrogen) atoms. The topological polar surface area (TPSA) is 16.6 Å². The largest absolute Gasteiger partial charge is 0.342 e. The van der Waals surface area contributed by atoms with Crippen molar-refractivity contribution < 1.29 is 13.8 Å². The van der Waals surface area contributed by atoms with E-state index in [9.17, 15) is 0 Å². The van der Waals surface area contributed by atoms with E-state index in [1.807, 2.05) is 0 Å². The Morgan fingerprint density at radius 2 is 1.52 bits per heavy atom. The molecule has 0 saturated heterocycles. The van der Waals surface area contributed by atoms with Crippen molar-refractivity contribution in [3.05, 3.63) is 59.5 Å². The highest BCUT2D eigenvalue weighted by Crippen LogP contribution is 2.16. The molecule has 0 aliphatic carbocycles. The van der Waals surface area contributed by atoms with Crippen LogP contribution in [0.5, 0.6) is 0 Å². The third kappa shape index (κ3) is 2.77. The zero-order valence-electron chi connectivity index (χ0n) is 14.8. The molecular weight excluding hydrogens is 284 g/mol. The number of nitrogens with zero attached hydrogens (tertiary/aromatic N) is 4. The van der Waals surface area contributed by atoms with Gasteiger partial charge in [0, 0.05) is 22.9 Å². The SMILES string of the molecule is Cc1cc[n+](C)c(-c2cc(C)cc(-n3cc(C)c[n+]3C)[n+]2C)c1. The molecule has 0 saturated carbocycles. The second kappa shape index (κ2) is 5.61. The Labute approximate surface area is 137 Å². The molecule has 0 N–H and O–H groups in total. The number of aromatic nitrogens is 4. The molecule has 118 valence electrons. The van der Waals surface area contributed by atoms with Crippen molar-refractivity contribution in [2.45, 2.75) is 20.8 Å². The molecule has 3 aromatic rings. The van der Waals surface area contributed by atoms with Gasteiger partial charge in [0.05, 0.1) is 12.6 Å². The maximum absolute atomic E-state index is 2.25. The van der Waals surface area contributed by atoms with Crippen molar-refractivity contribution in [3.63, 3.8) is 0 Å². The van der Waals surface area contributed by atoms with Gasteiger partial charge in [-0.15, -0.1) is 0 Å². The maximum atomic E-state index is 2.25. The van der Waals surface area contributed by atoms with Gasteiger partial charge < -0.3 is 0 Å². The molecule has 0 atom stereocenters. The second-order valence-corrected chi connectivity index (χ2v) is 6.46. The lowest BCUT2D eigenvalue weighted by Crippen LogP contribution is -2.47. The smallest absolute Gasteiger partial charge is 0.219 e. The van der Waals surface area contributed by atoms with Crippen LogP contribution in [0.25, 0.3) is 17.2 Å². The highest BCUT2D eigenvalue weighted by Gasteiger charge is 2.25. The van der Waals surface area contributed by atoms with Crippen LogP contribution in [0.15, 0.2) is 42.9 Å². The van der Waals surface area contributed by atoms with E-state index in [4.69, 9.17) is 0 Å². The number of rotatable bonds is 2. The summed E-state index contributed by atoms with van der Waals surface area (Å²) >= 11 is 0. The molecule has 0 spiro atoms. The van der Waals surface area contributed by atoms with Crippen LogP contribution in [0.4, 0.5) is 0 Å². The van der Waals surface area contributed by atoms with Crippen molar-refractivity contribution in [1.82, 2.24) is 4.68 Å². The number of hydrogen-bond donors (Lipinski definition) is 0. The van der Waals surface area contributed by atoms with Crippen molar-refractivity contribution in [2.24, 2.45) is 21.1 Å². The van der Waals surface area contributed by atoms with Crippen LogP contribution >= 0.6 is 0 Å². The molecule has 3 aromatic heterocycles. The van der Waals surface area contributed by atoms with E-state index in [-0.39, 0.29) is 0 Å². The molecule has 0 unspecified atom stereocenters. The Hall–Kier alpha value is -2.49. The fourth-order valence-corrected chi connectivity index (χ4v) is 3.08. The fraction of sp³-hybridized carbons (Fsp3) is 0.316. The predicted molar refractivity (Wildman–Crippen MR) is 88.9 cm³/mol. The van der Waals surface area contributed by atoms with Gasteiger partial charge in [0.2, 0.25) is 6.20 Å². The molecule has 0 amide bonds. The average molecular weight is 309 g/mol. The lowest BCUT2D eigenvalue weighted by Gasteiger charge is -2.07. The van der Waals surface area contributed by atoms with Crippen LogP contribution in [-0.2, 0) is 21.1 Å². The van der Waals surface area contributed by atoms with E-state index in [1.54, 1.807) is 0 Å². The van der Waals surface area contributed by atoms with Crippen molar-refractivity contribution in [3.8, 4) is 17.2 Å². The highest BCUT2D eigenvalue weighted by molar-refractivity contribution is 5.50. The molecule has 3 rings (SSSR count). The van der Waals surface area contributed by atoms with Gasteiger partial charge in [-0.1, -0.05) is 0 Å². The summed E-state index contributed by atoms with van der Waals surface area (Å²) in [5, 5.41) is 0. The summed E-state index contributed by atoms with van der Waals surface area (Å²) in [5.41, 5.74) is 6.18. The summed E-state index contributed by atoms with van der Waals surface area (Å²) in [6.07, 6.45) is 6.41. The van der Waals surface area contributed by atoms with Gasteiger partial charge in [-0.2, -0.15) is 4.57 Å². The lowest BCUT2D eigenvalue weighted by molar-refractivity contribution is -0.764. The minimum Gasteiger partial charge on any atom is -0.219 e. The Bertz CT molecular complexity index is 891. The summed E-state index contributed by atoms with van der Waals surface area (Å²) in [7, 11) is 6.29. The third-order valence-electron chi connectivity index (χ3n) is 4.28. The zero-order valence-corrected chi connectivity index (χ0v) is 14.8. The monoisotopic (exact) mass is 309 g/mol. The quantitative estimate of drug-likeness (QED) is 0.639. The van der Waals surface area contributed by atoms with E-state index in [0.29, 0.717) is 0 Å². The Morgan fingerprint density at radius 3 is 2.17 bits per heavy atom. The van der Waals surface area contributed by atoms with Gasteiger partial charge >= 0.3 is 5.82 Å². The van der Waals surface area contributed by atoms with Crippen LogP contribution in [-0.4, -0.2) is 4.68 Å². The first-order valence-corrected chi connectivity index (χ1v) is 7.89. The van der Waals surface area contributed by atoms with Crippen LogP contribution in [0.3, 0.4) is 0 Å². The Morgan fingerprint density at radius 1 is 0.826 bits per heavy atom. The van der Waals surface area contributed by atoms with Crippen molar-refractivity contribution >= 4 is 0 Å². The molecule has 0 bridgehead atoms. The van der Waals surface area contributed by atoms with Crippen LogP contribution in [0, 0.1) is 20.8 Å². The molecule has 0 aliphatic rings. The zero-order chi connectivity index (χ0) is 16.7. The maximum Gasteiger partial charge on any atom is 0.342 e.